The van der Waals surface area contributed by atoms with Gasteiger partial charge in [0.25, 0.3) is 0 Å². The van der Waals surface area contributed by atoms with Crippen molar-refractivity contribution in [1.29, 1.82) is 0 Å². The van der Waals surface area contributed by atoms with Gasteiger partial charge < -0.3 is 10.1 Å². The van der Waals surface area contributed by atoms with E-state index in [1.165, 1.54) is 11.1 Å². The van der Waals surface area contributed by atoms with Gasteiger partial charge in [-0.1, -0.05) is 37.3 Å². The summed E-state index contributed by atoms with van der Waals surface area (Å²) in [7, 11) is 0. The summed E-state index contributed by atoms with van der Waals surface area (Å²) in [6.07, 6.45) is 10.1. The lowest BCUT2D eigenvalue weighted by Gasteiger charge is -2.23. The van der Waals surface area contributed by atoms with Crippen molar-refractivity contribution in [3.63, 3.8) is 0 Å². The Bertz CT molecular complexity index is 453. The fraction of sp³-hybridized carbons (Fsp3) is 0.444. The van der Waals surface area contributed by atoms with Gasteiger partial charge in [0.2, 0.25) is 0 Å². The molecule has 1 aromatic carbocycles. The smallest absolute Gasteiger partial charge is 0.119 e. The Hall–Kier alpha value is -1.54. The van der Waals surface area contributed by atoms with Gasteiger partial charge in [-0.15, -0.1) is 0 Å². The van der Waals surface area contributed by atoms with E-state index in [1.54, 1.807) is 0 Å². The zero-order valence-corrected chi connectivity index (χ0v) is 12.6. The van der Waals surface area contributed by atoms with Gasteiger partial charge in [-0.3, -0.25) is 0 Å². The molecule has 1 fully saturated rings. The first-order valence-corrected chi connectivity index (χ1v) is 7.64. The maximum Gasteiger partial charge on any atom is 0.119 e. The number of ether oxygens (including phenoxy) is 1. The van der Waals surface area contributed by atoms with Gasteiger partial charge in [-0.25, -0.2) is 0 Å². The van der Waals surface area contributed by atoms with Crippen LogP contribution in [0.2, 0.25) is 0 Å². The number of rotatable bonds is 5. The van der Waals surface area contributed by atoms with Crippen molar-refractivity contribution in [2.75, 3.05) is 13.1 Å². The Morgan fingerprint density at radius 3 is 2.55 bits per heavy atom. The molecular weight excluding hydrogens is 246 g/mol. The molecule has 1 aromatic rings. The minimum Gasteiger partial charge on any atom is -0.490 e. The zero-order chi connectivity index (χ0) is 14.2. The Morgan fingerprint density at radius 1 is 1.25 bits per heavy atom. The van der Waals surface area contributed by atoms with Crippen LogP contribution in [0, 0.1) is 0 Å². The van der Waals surface area contributed by atoms with Crippen LogP contribution in [0.25, 0.3) is 5.57 Å². The summed E-state index contributed by atoms with van der Waals surface area (Å²) in [4.78, 5) is 0. The second-order valence-electron chi connectivity index (χ2n) is 5.16. The van der Waals surface area contributed by atoms with Gasteiger partial charge in [0.1, 0.15) is 11.9 Å². The first-order chi connectivity index (χ1) is 9.83. The van der Waals surface area contributed by atoms with Crippen LogP contribution in [0.1, 0.15) is 38.7 Å². The second-order valence-corrected chi connectivity index (χ2v) is 5.16. The van der Waals surface area contributed by atoms with Crippen molar-refractivity contribution in [1.82, 2.24) is 5.32 Å². The highest BCUT2D eigenvalue weighted by molar-refractivity contribution is 5.74. The zero-order valence-electron chi connectivity index (χ0n) is 12.6. The molecule has 0 radical (unpaired) electrons. The lowest BCUT2D eigenvalue weighted by atomic mass is 10.0. The summed E-state index contributed by atoms with van der Waals surface area (Å²) in [5.41, 5.74) is 2.53. The minimum atomic E-state index is 0.364. The third kappa shape index (κ3) is 4.24. The summed E-state index contributed by atoms with van der Waals surface area (Å²) in [5, 5.41) is 3.36. The van der Waals surface area contributed by atoms with Crippen molar-refractivity contribution in [2.45, 2.75) is 39.2 Å². The highest BCUT2D eigenvalue weighted by atomic mass is 16.5. The molecule has 1 saturated heterocycles. The largest absolute Gasteiger partial charge is 0.490 e. The van der Waals surface area contributed by atoms with E-state index in [0.29, 0.717) is 6.10 Å². The van der Waals surface area contributed by atoms with Gasteiger partial charge in [0.15, 0.2) is 0 Å². The molecule has 2 heteroatoms. The van der Waals surface area contributed by atoms with Crippen LogP contribution in [-0.4, -0.2) is 19.2 Å². The predicted octanol–water partition coefficient (Wildman–Crippen LogP) is 4.19. The van der Waals surface area contributed by atoms with Crippen LogP contribution in [0.3, 0.4) is 0 Å². The Balaban J connectivity index is 2.03. The van der Waals surface area contributed by atoms with Crippen LogP contribution >= 0.6 is 0 Å². The average molecular weight is 271 g/mol. The number of nitrogens with one attached hydrogen (secondary N) is 1. The van der Waals surface area contributed by atoms with E-state index in [4.69, 9.17) is 4.74 Å². The summed E-state index contributed by atoms with van der Waals surface area (Å²) in [6.45, 7) is 6.34. The van der Waals surface area contributed by atoms with Gasteiger partial charge in [0.05, 0.1) is 0 Å². The average Bonchev–Trinajstić information content (AvgIpc) is 2.49. The van der Waals surface area contributed by atoms with Crippen LogP contribution in [0.5, 0.6) is 5.75 Å². The summed E-state index contributed by atoms with van der Waals surface area (Å²) >= 11 is 0. The van der Waals surface area contributed by atoms with Gasteiger partial charge in [-0.2, -0.15) is 0 Å². The third-order valence-corrected chi connectivity index (χ3v) is 3.55. The van der Waals surface area contributed by atoms with E-state index in [-0.39, 0.29) is 0 Å². The molecule has 0 spiro atoms. The highest BCUT2D eigenvalue weighted by Crippen LogP contribution is 2.22. The Labute approximate surface area is 122 Å². The molecule has 1 N–H and O–H groups in total. The van der Waals surface area contributed by atoms with Crippen LogP contribution in [-0.2, 0) is 0 Å². The van der Waals surface area contributed by atoms with Crippen molar-refractivity contribution in [2.24, 2.45) is 0 Å². The quantitative estimate of drug-likeness (QED) is 0.811. The number of benzene rings is 1. The van der Waals surface area contributed by atoms with Gasteiger partial charge >= 0.3 is 0 Å². The molecule has 1 heterocycles. The molecule has 0 bridgehead atoms. The molecule has 0 aliphatic carbocycles. The van der Waals surface area contributed by atoms with Crippen LogP contribution < -0.4 is 10.1 Å². The maximum atomic E-state index is 6.03. The van der Waals surface area contributed by atoms with Crippen molar-refractivity contribution in [3.05, 3.63) is 48.1 Å². The summed E-state index contributed by atoms with van der Waals surface area (Å²) < 4.78 is 6.03. The van der Waals surface area contributed by atoms with Crippen molar-refractivity contribution >= 4 is 5.57 Å². The van der Waals surface area contributed by atoms with E-state index >= 15 is 0 Å². The molecule has 1 aliphatic heterocycles. The molecule has 1 aliphatic rings. The first-order valence-electron chi connectivity index (χ1n) is 7.64. The van der Waals surface area contributed by atoms with E-state index in [1.807, 2.05) is 0 Å². The molecule has 108 valence electrons. The topological polar surface area (TPSA) is 21.3 Å². The number of hydrogen-bond donors (Lipinski definition) is 1. The van der Waals surface area contributed by atoms with Gasteiger partial charge in [0, 0.05) is 0 Å². The molecule has 20 heavy (non-hydrogen) atoms. The molecule has 2 nitrogen and oxygen atoms in total. The molecule has 2 rings (SSSR count). The standard InChI is InChI=1S/C18H25NO/c1-3-5-15(6-4-2)16-7-9-17(10-8-16)20-18-11-13-19-14-12-18/h3,5-10,18-19H,4,11-14H2,1-2H3/b5-3-,15-6+. The molecule has 0 amide bonds. The Kier molecular flexibility index (Phi) is 5.87. The van der Waals surface area contributed by atoms with E-state index in [0.717, 1.165) is 38.1 Å². The predicted molar refractivity (Wildman–Crippen MR) is 86.0 cm³/mol. The third-order valence-electron chi connectivity index (χ3n) is 3.55. The lowest BCUT2D eigenvalue weighted by molar-refractivity contribution is 0.162. The Morgan fingerprint density at radius 2 is 1.95 bits per heavy atom. The van der Waals surface area contributed by atoms with Crippen molar-refractivity contribution < 1.29 is 4.74 Å². The van der Waals surface area contributed by atoms with E-state index in [9.17, 15) is 0 Å². The lowest BCUT2D eigenvalue weighted by Crippen LogP contribution is -2.34. The highest BCUT2D eigenvalue weighted by Gasteiger charge is 2.14. The summed E-state index contributed by atoms with van der Waals surface area (Å²) in [5.74, 6) is 0.983. The maximum absolute atomic E-state index is 6.03. The summed E-state index contributed by atoms with van der Waals surface area (Å²) in [6, 6.07) is 8.48. The van der Waals surface area contributed by atoms with Gasteiger partial charge in [-0.05, 0) is 62.5 Å². The minimum absolute atomic E-state index is 0.364. The van der Waals surface area contributed by atoms with Crippen molar-refractivity contribution in [3.8, 4) is 5.75 Å². The number of piperidine rings is 1. The fourth-order valence-corrected chi connectivity index (χ4v) is 2.51. The molecule has 0 saturated carbocycles. The molecule has 0 unspecified atom stereocenters. The molecule has 0 atom stereocenters. The van der Waals surface area contributed by atoms with Crippen LogP contribution in [0.15, 0.2) is 42.5 Å². The second kappa shape index (κ2) is 7.91. The number of allylic oxidation sites excluding steroid dienone is 4. The van der Waals surface area contributed by atoms with E-state index < -0.39 is 0 Å². The monoisotopic (exact) mass is 271 g/mol. The first kappa shape index (κ1) is 14.9. The SMILES string of the molecule is C/C=C\C(=C/CC)c1ccc(OC2CCNCC2)cc1. The van der Waals surface area contributed by atoms with E-state index in [2.05, 4.69) is 61.7 Å². The number of hydrogen-bond acceptors (Lipinski definition) is 2. The molecular formula is C18H25NO. The normalized spacial score (nSPS) is 17.6. The fourth-order valence-electron chi connectivity index (χ4n) is 2.51. The molecule has 0 aromatic heterocycles. The van der Waals surface area contributed by atoms with Crippen LogP contribution in [0.4, 0.5) is 0 Å².